The first kappa shape index (κ1) is 12.2. The van der Waals surface area contributed by atoms with Gasteiger partial charge in [0.2, 0.25) is 0 Å². The second kappa shape index (κ2) is 3.95. The van der Waals surface area contributed by atoms with E-state index in [0.29, 0.717) is 0 Å². The summed E-state index contributed by atoms with van der Waals surface area (Å²) in [5, 5.41) is 10.7. The summed E-state index contributed by atoms with van der Waals surface area (Å²) in [4.78, 5) is 4.31. The van der Waals surface area contributed by atoms with Gasteiger partial charge in [0.15, 0.2) is 0 Å². The van der Waals surface area contributed by atoms with Gasteiger partial charge >= 0.3 is 0 Å². The summed E-state index contributed by atoms with van der Waals surface area (Å²) in [6, 6.07) is 8.77. The number of imidazole rings is 1. The van der Waals surface area contributed by atoms with Gasteiger partial charge < -0.3 is 9.67 Å². The molecular formula is C17H20N2O. The first-order valence-corrected chi connectivity index (χ1v) is 7.39. The van der Waals surface area contributed by atoms with Crippen LogP contribution < -0.4 is 0 Å². The molecule has 1 aromatic carbocycles. The van der Waals surface area contributed by atoms with Crippen LogP contribution in [0.25, 0.3) is 11.3 Å². The summed E-state index contributed by atoms with van der Waals surface area (Å²) < 4.78 is 2.25. The van der Waals surface area contributed by atoms with Crippen molar-refractivity contribution in [1.29, 1.82) is 0 Å². The third-order valence-corrected chi connectivity index (χ3v) is 5.25. The van der Waals surface area contributed by atoms with E-state index in [0.717, 1.165) is 12.8 Å². The summed E-state index contributed by atoms with van der Waals surface area (Å²) >= 11 is 0. The smallest absolute Gasteiger partial charge is 0.0956 e. The number of hydrogen-bond donors (Lipinski definition) is 1. The van der Waals surface area contributed by atoms with Crippen LogP contribution in [-0.2, 0) is 0 Å². The Bertz CT molecular complexity index is 659. The van der Waals surface area contributed by atoms with Crippen LogP contribution in [0.2, 0.25) is 0 Å². The quantitative estimate of drug-likeness (QED) is 0.862. The fourth-order valence-corrected chi connectivity index (χ4v) is 4.06. The van der Waals surface area contributed by atoms with Crippen molar-refractivity contribution >= 4 is 0 Å². The van der Waals surface area contributed by atoms with E-state index in [2.05, 4.69) is 47.7 Å². The van der Waals surface area contributed by atoms with Crippen LogP contribution in [0.5, 0.6) is 0 Å². The van der Waals surface area contributed by atoms with E-state index in [1.807, 2.05) is 12.5 Å². The van der Waals surface area contributed by atoms with E-state index in [9.17, 15) is 5.11 Å². The van der Waals surface area contributed by atoms with Gasteiger partial charge in [-0.15, -0.1) is 0 Å². The lowest BCUT2D eigenvalue weighted by molar-refractivity contribution is 0.0344. The monoisotopic (exact) mass is 268 g/mol. The van der Waals surface area contributed by atoms with Gasteiger partial charge in [-0.25, -0.2) is 4.98 Å². The van der Waals surface area contributed by atoms with Crippen LogP contribution >= 0.6 is 0 Å². The molecule has 104 valence electrons. The van der Waals surface area contributed by atoms with E-state index in [4.69, 9.17) is 0 Å². The molecule has 1 fully saturated rings. The maximum absolute atomic E-state index is 10.7. The first-order valence-electron chi connectivity index (χ1n) is 7.39. The molecule has 1 saturated carbocycles. The molecular weight excluding hydrogens is 248 g/mol. The second-order valence-electron chi connectivity index (χ2n) is 6.85. The Hall–Kier alpha value is -1.61. The molecule has 1 aliphatic heterocycles. The molecule has 2 heterocycles. The van der Waals surface area contributed by atoms with Gasteiger partial charge in [0, 0.05) is 11.5 Å². The highest BCUT2D eigenvalue weighted by Gasteiger charge is 2.47. The Balaban J connectivity index is 1.84. The average molecular weight is 268 g/mol. The molecule has 4 rings (SSSR count). The van der Waals surface area contributed by atoms with Gasteiger partial charge in [0.25, 0.3) is 0 Å². The van der Waals surface area contributed by atoms with Crippen molar-refractivity contribution in [2.45, 2.75) is 38.8 Å². The lowest BCUT2D eigenvalue weighted by atomic mass is 9.83. The van der Waals surface area contributed by atoms with E-state index >= 15 is 0 Å². The molecule has 3 atom stereocenters. The number of hydrogen-bond acceptors (Lipinski definition) is 2. The molecule has 20 heavy (non-hydrogen) atoms. The number of aliphatic hydroxyl groups excluding tert-OH is 1. The molecule has 0 unspecified atom stereocenters. The third kappa shape index (κ3) is 1.47. The highest BCUT2D eigenvalue weighted by Crippen LogP contribution is 2.52. The first-order chi connectivity index (χ1) is 9.59. The lowest BCUT2D eigenvalue weighted by Gasteiger charge is -2.30. The fraction of sp³-hybridized carbons (Fsp3) is 0.471. The molecule has 0 saturated heterocycles. The lowest BCUT2D eigenvalue weighted by Crippen LogP contribution is -2.32. The molecule has 0 amide bonds. The average Bonchev–Trinajstić information content (AvgIpc) is 3.07. The number of rotatable bonds is 1. The van der Waals surface area contributed by atoms with Gasteiger partial charge in [-0.1, -0.05) is 38.1 Å². The Morgan fingerprint density at radius 1 is 1.30 bits per heavy atom. The Kier molecular flexibility index (Phi) is 2.40. The summed E-state index contributed by atoms with van der Waals surface area (Å²) in [5.41, 5.74) is 3.81. The van der Waals surface area contributed by atoms with Crippen LogP contribution in [0.4, 0.5) is 0 Å². The van der Waals surface area contributed by atoms with Crippen molar-refractivity contribution in [3.05, 3.63) is 42.4 Å². The predicted molar refractivity (Wildman–Crippen MR) is 78.3 cm³/mol. The van der Waals surface area contributed by atoms with Crippen LogP contribution in [0, 0.1) is 11.3 Å². The van der Waals surface area contributed by atoms with Crippen molar-refractivity contribution in [3.8, 4) is 11.3 Å². The summed E-state index contributed by atoms with van der Waals surface area (Å²) in [7, 11) is 0. The summed E-state index contributed by atoms with van der Waals surface area (Å²) in [6.07, 6.45) is 5.75. The number of benzene rings is 1. The maximum atomic E-state index is 10.7. The van der Waals surface area contributed by atoms with Crippen LogP contribution in [-0.4, -0.2) is 20.8 Å². The normalized spacial score (nSPS) is 30.2. The molecule has 0 radical (unpaired) electrons. The Morgan fingerprint density at radius 2 is 2.10 bits per heavy atom. The molecule has 0 bridgehead atoms. The number of fused-ring (bicyclic) bond motifs is 3. The SMILES string of the molecule is CC1(C)CC[C@H]([C@H]2c3ccccc3-c3cncn32)[C@@H]1O. The molecule has 1 aromatic heterocycles. The summed E-state index contributed by atoms with van der Waals surface area (Å²) in [6.45, 7) is 4.35. The van der Waals surface area contributed by atoms with Gasteiger partial charge in [-0.2, -0.15) is 0 Å². The van der Waals surface area contributed by atoms with Gasteiger partial charge in [0.1, 0.15) is 0 Å². The van der Waals surface area contributed by atoms with Crippen molar-refractivity contribution in [2.24, 2.45) is 11.3 Å². The minimum absolute atomic E-state index is 0.0168. The van der Waals surface area contributed by atoms with E-state index in [1.54, 1.807) is 0 Å². The minimum atomic E-state index is -0.256. The molecule has 2 aliphatic rings. The fourth-order valence-electron chi connectivity index (χ4n) is 4.06. The number of aromatic nitrogens is 2. The molecule has 0 spiro atoms. The summed E-state index contributed by atoms with van der Waals surface area (Å²) in [5.74, 6) is 0.279. The number of nitrogens with zero attached hydrogens (tertiary/aromatic N) is 2. The maximum Gasteiger partial charge on any atom is 0.0956 e. The topological polar surface area (TPSA) is 38.0 Å². The minimum Gasteiger partial charge on any atom is -0.392 e. The Morgan fingerprint density at radius 3 is 2.85 bits per heavy atom. The van der Waals surface area contributed by atoms with Crippen LogP contribution in [0.3, 0.4) is 0 Å². The molecule has 1 N–H and O–H groups in total. The van der Waals surface area contributed by atoms with Crippen LogP contribution in [0.1, 0.15) is 38.3 Å². The molecule has 1 aliphatic carbocycles. The van der Waals surface area contributed by atoms with E-state index in [-0.39, 0.29) is 23.5 Å². The van der Waals surface area contributed by atoms with Gasteiger partial charge in [-0.3, -0.25) is 0 Å². The molecule has 3 nitrogen and oxygen atoms in total. The Labute approximate surface area is 119 Å². The zero-order valence-corrected chi connectivity index (χ0v) is 12.0. The van der Waals surface area contributed by atoms with Crippen molar-refractivity contribution < 1.29 is 5.11 Å². The zero-order valence-electron chi connectivity index (χ0n) is 12.0. The zero-order chi connectivity index (χ0) is 13.9. The molecule has 2 aromatic rings. The predicted octanol–water partition coefficient (Wildman–Crippen LogP) is 3.25. The number of aliphatic hydroxyl groups is 1. The van der Waals surface area contributed by atoms with E-state index < -0.39 is 0 Å². The second-order valence-corrected chi connectivity index (χ2v) is 6.85. The standard InChI is InChI=1S/C17H20N2O/c1-17(2)8-7-13(16(17)20)15-12-6-4-3-5-11(12)14-9-18-10-19(14)15/h3-6,9-10,13,15-16,20H,7-8H2,1-2H3/t13-,15-,16+/m1/s1. The van der Waals surface area contributed by atoms with Crippen molar-refractivity contribution in [1.82, 2.24) is 9.55 Å². The van der Waals surface area contributed by atoms with Gasteiger partial charge in [-0.05, 0) is 23.8 Å². The highest BCUT2D eigenvalue weighted by atomic mass is 16.3. The molecule has 3 heteroatoms. The largest absolute Gasteiger partial charge is 0.392 e. The third-order valence-electron chi connectivity index (χ3n) is 5.25. The van der Waals surface area contributed by atoms with Crippen molar-refractivity contribution in [3.63, 3.8) is 0 Å². The van der Waals surface area contributed by atoms with Crippen molar-refractivity contribution in [2.75, 3.05) is 0 Å². The van der Waals surface area contributed by atoms with E-state index in [1.165, 1.54) is 16.8 Å². The highest BCUT2D eigenvalue weighted by molar-refractivity contribution is 5.69. The van der Waals surface area contributed by atoms with Crippen LogP contribution in [0.15, 0.2) is 36.8 Å². The van der Waals surface area contributed by atoms with Gasteiger partial charge in [0.05, 0.1) is 30.4 Å².